The Hall–Kier alpha value is -2.87. The molecule has 2 heterocycles. The normalized spacial score (nSPS) is 22.7. The molecule has 0 unspecified atom stereocenters. The van der Waals surface area contributed by atoms with E-state index in [1.165, 1.54) is 0 Å². The van der Waals surface area contributed by atoms with Gasteiger partial charge in [-0.2, -0.15) is 0 Å². The summed E-state index contributed by atoms with van der Waals surface area (Å²) in [5.74, 6) is -0.0262. The number of carbonyl (C=O) groups is 3. The van der Waals surface area contributed by atoms with E-state index in [4.69, 9.17) is 4.74 Å². The molecule has 0 aliphatic carbocycles. The number of nitrogens with zero attached hydrogens (tertiary/aromatic N) is 1. The van der Waals surface area contributed by atoms with Crippen LogP contribution in [0.5, 0.6) is 5.75 Å². The number of fused-ring (bicyclic) bond motifs is 10. The van der Waals surface area contributed by atoms with Gasteiger partial charge < -0.3 is 20.7 Å². The highest BCUT2D eigenvalue weighted by Gasteiger charge is 2.38. The zero-order valence-electron chi connectivity index (χ0n) is 23.0. The van der Waals surface area contributed by atoms with Crippen LogP contribution in [0.4, 0.5) is 0 Å². The van der Waals surface area contributed by atoms with Crippen LogP contribution in [0.3, 0.4) is 0 Å². The standard InChI is InChI=1S/C28H44N4O4/c1-17(2)15-22-26(33)29-14-13-20-9-11-21(12-10-20)36-25(19(5)6)24(28(35)30-22)31-27(34)23(32(7)8)16-18(3)4/h9-14,17-19,22-25H,15-16H2,1-8H3,(H,29,33)(H,30,35)(H,31,34)/b14-13-/t22-,23-,24-,25+/m0/s1. The smallest absolute Gasteiger partial charge is 0.247 e. The lowest BCUT2D eigenvalue weighted by Crippen LogP contribution is -2.61. The maximum absolute atomic E-state index is 13.7. The quantitative estimate of drug-likeness (QED) is 0.509. The molecule has 2 aliphatic heterocycles. The molecule has 2 aliphatic rings. The van der Waals surface area contributed by atoms with Gasteiger partial charge in [-0.25, -0.2) is 0 Å². The van der Waals surface area contributed by atoms with Crippen LogP contribution < -0.4 is 20.7 Å². The van der Waals surface area contributed by atoms with E-state index >= 15 is 0 Å². The first-order valence-electron chi connectivity index (χ1n) is 12.9. The first-order valence-corrected chi connectivity index (χ1v) is 12.9. The van der Waals surface area contributed by atoms with Crippen molar-refractivity contribution < 1.29 is 19.1 Å². The van der Waals surface area contributed by atoms with Crippen LogP contribution in [0.1, 0.15) is 59.9 Å². The molecule has 3 N–H and O–H groups in total. The molecule has 200 valence electrons. The lowest BCUT2D eigenvalue weighted by Gasteiger charge is -2.34. The van der Waals surface area contributed by atoms with Crippen molar-refractivity contribution >= 4 is 23.8 Å². The Labute approximate surface area is 216 Å². The topological polar surface area (TPSA) is 99.8 Å². The summed E-state index contributed by atoms with van der Waals surface area (Å²) >= 11 is 0. The van der Waals surface area contributed by atoms with E-state index in [2.05, 4.69) is 29.8 Å². The van der Waals surface area contributed by atoms with E-state index in [0.717, 1.165) is 5.56 Å². The molecule has 2 bridgehead atoms. The number of benzene rings is 1. The van der Waals surface area contributed by atoms with E-state index in [-0.39, 0.29) is 23.7 Å². The van der Waals surface area contributed by atoms with Crippen molar-refractivity contribution in [3.8, 4) is 5.75 Å². The molecule has 3 amide bonds. The molecule has 0 saturated carbocycles. The van der Waals surface area contributed by atoms with Crippen molar-refractivity contribution in [1.82, 2.24) is 20.9 Å². The molecule has 1 aromatic carbocycles. The molecule has 0 fully saturated rings. The third kappa shape index (κ3) is 8.66. The van der Waals surface area contributed by atoms with E-state index in [1.807, 2.05) is 71.0 Å². The zero-order valence-corrected chi connectivity index (χ0v) is 23.0. The molecule has 0 aromatic heterocycles. The number of likely N-dealkylation sites (N-methyl/N-ethyl adjacent to an activating group) is 1. The van der Waals surface area contributed by atoms with Crippen LogP contribution in [0.2, 0.25) is 0 Å². The zero-order chi connectivity index (χ0) is 27.0. The minimum Gasteiger partial charge on any atom is -0.487 e. The van der Waals surface area contributed by atoms with Crippen LogP contribution in [0, 0.1) is 17.8 Å². The van der Waals surface area contributed by atoms with Gasteiger partial charge in [-0.15, -0.1) is 0 Å². The van der Waals surface area contributed by atoms with E-state index in [1.54, 1.807) is 12.3 Å². The van der Waals surface area contributed by atoms with Gasteiger partial charge in [-0.05, 0) is 68.5 Å². The van der Waals surface area contributed by atoms with Crippen molar-refractivity contribution in [2.45, 2.75) is 78.6 Å². The van der Waals surface area contributed by atoms with E-state index < -0.39 is 30.1 Å². The average molecular weight is 501 g/mol. The second-order valence-electron chi connectivity index (χ2n) is 11.0. The van der Waals surface area contributed by atoms with Gasteiger partial charge in [-0.3, -0.25) is 19.3 Å². The number of ether oxygens (including phenoxy) is 1. The summed E-state index contributed by atoms with van der Waals surface area (Å²) in [6, 6.07) is 5.25. The van der Waals surface area contributed by atoms with Gasteiger partial charge in [0, 0.05) is 6.20 Å². The molecule has 1 aromatic rings. The van der Waals surface area contributed by atoms with Crippen LogP contribution >= 0.6 is 0 Å². The molecular formula is C28H44N4O4. The lowest BCUT2D eigenvalue weighted by atomic mass is 9.95. The molecule has 8 heteroatoms. The summed E-state index contributed by atoms with van der Waals surface area (Å²) in [5.41, 5.74) is 0.901. The average Bonchev–Trinajstić information content (AvgIpc) is 2.78. The van der Waals surface area contributed by atoms with Gasteiger partial charge in [0.2, 0.25) is 17.7 Å². The summed E-state index contributed by atoms with van der Waals surface area (Å²) in [5, 5.41) is 8.67. The minimum absolute atomic E-state index is 0.103. The third-order valence-corrected chi connectivity index (χ3v) is 6.18. The molecule has 4 atom stereocenters. The Morgan fingerprint density at radius 3 is 2.17 bits per heavy atom. The lowest BCUT2D eigenvalue weighted by molar-refractivity contribution is -0.136. The number of hydrogen-bond acceptors (Lipinski definition) is 5. The van der Waals surface area contributed by atoms with Gasteiger partial charge in [0.1, 0.15) is 23.9 Å². The van der Waals surface area contributed by atoms with Crippen molar-refractivity contribution in [3.63, 3.8) is 0 Å². The van der Waals surface area contributed by atoms with Gasteiger partial charge in [0.15, 0.2) is 0 Å². The first kappa shape index (κ1) is 29.4. The predicted molar refractivity (Wildman–Crippen MR) is 143 cm³/mol. The fraction of sp³-hybridized carbons (Fsp3) is 0.607. The summed E-state index contributed by atoms with van der Waals surface area (Å²) < 4.78 is 6.31. The number of amides is 3. The van der Waals surface area contributed by atoms with E-state index in [9.17, 15) is 14.4 Å². The minimum atomic E-state index is -0.993. The Morgan fingerprint density at radius 1 is 1.00 bits per heavy atom. The molecular weight excluding hydrogens is 456 g/mol. The summed E-state index contributed by atoms with van der Waals surface area (Å²) in [6.07, 6.45) is 3.82. The Balaban J connectivity index is 2.50. The highest BCUT2D eigenvalue weighted by Crippen LogP contribution is 2.21. The van der Waals surface area contributed by atoms with Gasteiger partial charge in [-0.1, -0.05) is 53.7 Å². The molecule has 0 spiro atoms. The van der Waals surface area contributed by atoms with Crippen LogP contribution in [0.25, 0.3) is 6.08 Å². The highest BCUT2D eigenvalue weighted by molar-refractivity contribution is 5.93. The monoisotopic (exact) mass is 500 g/mol. The second-order valence-corrected chi connectivity index (χ2v) is 11.0. The van der Waals surface area contributed by atoms with E-state index in [0.29, 0.717) is 24.5 Å². The highest BCUT2D eigenvalue weighted by atomic mass is 16.5. The van der Waals surface area contributed by atoms with Crippen LogP contribution in [-0.4, -0.2) is 60.9 Å². The molecule has 0 radical (unpaired) electrons. The van der Waals surface area contributed by atoms with Crippen LogP contribution in [0.15, 0.2) is 30.5 Å². The van der Waals surface area contributed by atoms with Crippen LogP contribution in [-0.2, 0) is 14.4 Å². The number of hydrogen-bond donors (Lipinski definition) is 3. The van der Waals surface area contributed by atoms with Gasteiger partial charge >= 0.3 is 0 Å². The second kappa shape index (κ2) is 13.4. The largest absolute Gasteiger partial charge is 0.487 e. The maximum atomic E-state index is 13.7. The van der Waals surface area contributed by atoms with Crippen molar-refractivity contribution in [3.05, 3.63) is 36.0 Å². The summed E-state index contributed by atoms with van der Waals surface area (Å²) in [7, 11) is 3.71. The Bertz CT molecular complexity index is 909. The van der Waals surface area contributed by atoms with Crippen molar-refractivity contribution in [1.29, 1.82) is 0 Å². The molecule has 8 nitrogen and oxygen atoms in total. The Kier molecular flexibility index (Phi) is 11.0. The molecule has 36 heavy (non-hydrogen) atoms. The van der Waals surface area contributed by atoms with Crippen molar-refractivity contribution in [2.24, 2.45) is 17.8 Å². The fourth-order valence-electron chi connectivity index (χ4n) is 4.23. The predicted octanol–water partition coefficient (Wildman–Crippen LogP) is 3.18. The fourth-order valence-corrected chi connectivity index (χ4v) is 4.23. The maximum Gasteiger partial charge on any atom is 0.247 e. The number of rotatable bonds is 8. The summed E-state index contributed by atoms with van der Waals surface area (Å²) in [4.78, 5) is 42.0. The molecule has 0 saturated heterocycles. The van der Waals surface area contributed by atoms with Crippen molar-refractivity contribution in [2.75, 3.05) is 14.1 Å². The SMILES string of the molecule is CC(C)C[C@@H]1NC(=O)[C@@H](NC(=O)[C@H](CC(C)C)N(C)C)[C@@H](C(C)C)Oc2ccc(cc2)/C=C\NC1=O. The third-order valence-electron chi connectivity index (χ3n) is 6.18. The first-order chi connectivity index (χ1) is 16.9. The van der Waals surface area contributed by atoms with Gasteiger partial charge in [0.05, 0.1) is 6.04 Å². The number of nitrogens with one attached hydrogen (secondary N) is 3. The Morgan fingerprint density at radius 2 is 1.64 bits per heavy atom. The summed E-state index contributed by atoms with van der Waals surface area (Å²) in [6.45, 7) is 12.0. The molecule has 3 rings (SSSR count). The number of carbonyl (C=O) groups excluding carboxylic acids is 3. The van der Waals surface area contributed by atoms with Gasteiger partial charge in [0.25, 0.3) is 0 Å².